The van der Waals surface area contributed by atoms with Gasteiger partial charge in [0.2, 0.25) is 0 Å². The van der Waals surface area contributed by atoms with Crippen LogP contribution in [0, 0.1) is 19.7 Å². The van der Waals surface area contributed by atoms with Gasteiger partial charge in [-0.3, -0.25) is 0 Å². The lowest BCUT2D eigenvalue weighted by Gasteiger charge is -2.12. The molecule has 0 spiro atoms. The van der Waals surface area contributed by atoms with Gasteiger partial charge in [0.15, 0.2) is 0 Å². The Hall–Kier alpha value is -1.88. The molecule has 2 rings (SSSR count). The number of nitrogens with zero attached hydrogens (tertiary/aromatic N) is 2. The first-order chi connectivity index (χ1) is 9.01. The Kier molecular flexibility index (Phi) is 3.85. The number of halogens is 2. The van der Waals surface area contributed by atoms with Crippen LogP contribution in [0.4, 0.5) is 21.7 Å². The molecule has 0 aliphatic carbocycles. The van der Waals surface area contributed by atoms with Crippen molar-refractivity contribution in [1.82, 2.24) is 9.97 Å². The van der Waals surface area contributed by atoms with E-state index in [0.717, 1.165) is 11.4 Å². The van der Waals surface area contributed by atoms with Crippen LogP contribution >= 0.6 is 11.6 Å². The molecule has 1 aromatic heterocycles. The number of rotatable bonds is 3. The van der Waals surface area contributed by atoms with E-state index in [4.69, 9.17) is 11.6 Å². The highest BCUT2D eigenvalue weighted by molar-refractivity contribution is 6.31. The van der Waals surface area contributed by atoms with Gasteiger partial charge in [-0.05, 0) is 32.0 Å². The van der Waals surface area contributed by atoms with E-state index in [-0.39, 0.29) is 5.02 Å². The largest absolute Gasteiger partial charge is 0.373 e. The fourth-order valence-corrected chi connectivity index (χ4v) is 1.88. The van der Waals surface area contributed by atoms with E-state index in [9.17, 15) is 4.39 Å². The standard InChI is InChI=1S/C13H14ClFN4/c1-7-12(16-3)17-8(2)18-13(7)19-9-4-5-11(15)10(14)6-9/h4-6H,1-3H3,(H2,16,17,18,19). The molecule has 19 heavy (non-hydrogen) atoms. The van der Waals surface area contributed by atoms with Crippen molar-refractivity contribution in [2.75, 3.05) is 17.7 Å². The molecule has 1 heterocycles. The maximum atomic E-state index is 13.1. The summed E-state index contributed by atoms with van der Waals surface area (Å²) in [5.41, 5.74) is 1.56. The van der Waals surface area contributed by atoms with Crippen molar-refractivity contribution in [3.8, 4) is 0 Å². The minimum atomic E-state index is -0.446. The molecule has 0 atom stereocenters. The summed E-state index contributed by atoms with van der Waals surface area (Å²) in [4.78, 5) is 8.61. The number of nitrogens with one attached hydrogen (secondary N) is 2. The lowest BCUT2D eigenvalue weighted by molar-refractivity contribution is 0.628. The maximum Gasteiger partial charge on any atom is 0.141 e. The molecular weight excluding hydrogens is 267 g/mol. The summed E-state index contributed by atoms with van der Waals surface area (Å²) in [7, 11) is 1.80. The third kappa shape index (κ3) is 2.93. The highest BCUT2D eigenvalue weighted by atomic mass is 35.5. The third-order valence-corrected chi connectivity index (χ3v) is 2.97. The second kappa shape index (κ2) is 5.40. The molecule has 0 aliphatic heterocycles. The van der Waals surface area contributed by atoms with E-state index in [0.29, 0.717) is 17.3 Å². The number of aryl methyl sites for hydroxylation is 1. The number of hydrogen-bond donors (Lipinski definition) is 2. The summed E-state index contributed by atoms with van der Waals surface area (Å²) in [6.45, 7) is 3.71. The van der Waals surface area contributed by atoms with Gasteiger partial charge in [0.25, 0.3) is 0 Å². The Morgan fingerprint density at radius 2 is 1.84 bits per heavy atom. The van der Waals surface area contributed by atoms with E-state index in [2.05, 4.69) is 20.6 Å². The molecule has 0 fully saturated rings. The van der Waals surface area contributed by atoms with E-state index in [1.54, 1.807) is 13.1 Å². The molecule has 0 unspecified atom stereocenters. The van der Waals surface area contributed by atoms with E-state index < -0.39 is 5.82 Å². The molecule has 0 saturated carbocycles. The first-order valence-corrected chi connectivity index (χ1v) is 6.14. The lowest BCUT2D eigenvalue weighted by atomic mass is 10.2. The molecular formula is C13H14ClFN4. The predicted molar refractivity (Wildman–Crippen MR) is 75.7 cm³/mol. The molecule has 6 heteroatoms. The van der Waals surface area contributed by atoms with E-state index in [1.165, 1.54) is 12.1 Å². The lowest BCUT2D eigenvalue weighted by Crippen LogP contribution is -2.05. The van der Waals surface area contributed by atoms with Gasteiger partial charge in [-0.2, -0.15) is 0 Å². The number of anilines is 3. The van der Waals surface area contributed by atoms with Gasteiger partial charge in [0.05, 0.1) is 5.02 Å². The van der Waals surface area contributed by atoms with Crippen molar-refractivity contribution in [3.63, 3.8) is 0 Å². The predicted octanol–water partition coefficient (Wildman–Crippen LogP) is 3.67. The first kappa shape index (κ1) is 13.5. The van der Waals surface area contributed by atoms with Crippen LogP contribution in [0.2, 0.25) is 5.02 Å². The minimum Gasteiger partial charge on any atom is -0.373 e. The third-order valence-electron chi connectivity index (χ3n) is 2.68. The van der Waals surface area contributed by atoms with Gasteiger partial charge in [-0.1, -0.05) is 11.6 Å². The Morgan fingerprint density at radius 3 is 2.47 bits per heavy atom. The van der Waals surface area contributed by atoms with Gasteiger partial charge in [0.1, 0.15) is 23.3 Å². The normalized spacial score (nSPS) is 10.4. The quantitative estimate of drug-likeness (QED) is 0.901. The minimum absolute atomic E-state index is 0.0715. The molecule has 0 aliphatic rings. The fourth-order valence-electron chi connectivity index (χ4n) is 1.70. The molecule has 2 aromatic rings. The summed E-state index contributed by atoms with van der Waals surface area (Å²) in [5.74, 6) is 1.62. The zero-order chi connectivity index (χ0) is 14.0. The van der Waals surface area contributed by atoms with Gasteiger partial charge < -0.3 is 10.6 Å². The number of benzene rings is 1. The second-order valence-electron chi connectivity index (χ2n) is 4.10. The molecule has 1 aromatic carbocycles. The van der Waals surface area contributed by atoms with Crippen LogP contribution in [0.25, 0.3) is 0 Å². The van der Waals surface area contributed by atoms with Gasteiger partial charge in [-0.15, -0.1) is 0 Å². The van der Waals surface area contributed by atoms with Crippen LogP contribution in [-0.4, -0.2) is 17.0 Å². The molecule has 0 bridgehead atoms. The van der Waals surface area contributed by atoms with Crippen molar-refractivity contribution >= 4 is 28.9 Å². The summed E-state index contributed by atoms with van der Waals surface area (Å²) < 4.78 is 13.1. The Bertz CT molecular complexity index is 616. The van der Waals surface area contributed by atoms with E-state index >= 15 is 0 Å². The molecule has 0 radical (unpaired) electrons. The molecule has 100 valence electrons. The summed E-state index contributed by atoms with van der Waals surface area (Å²) in [6.07, 6.45) is 0. The van der Waals surface area contributed by atoms with Crippen LogP contribution in [0.5, 0.6) is 0 Å². The zero-order valence-corrected chi connectivity index (χ0v) is 11.6. The number of hydrogen-bond acceptors (Lipinski definition) is 4. The van der Waals surface area contributed by atoms with Crippen LogP contribution in [-0.2, 0) is 0 Å². The van der Waals surface area contributed by atoms with Crippen LogP contribution in [0.3, 0.4) is 0 Å². The zero-order valence-electron chi connectivity index (χ0n) is 10.9. The summed E-state index contributed by atoms with van der Waals surface area (Å²) in [5, 5.41) is 6.19. The SMILES string of the molecule is CNc1nc(C)nc(Nc2ccc(F)c(Cl)c2)c1C. The Balaban J connectivity index is 2.37. The van der Waals surface area contributed by atoms with Crippen molar-refractivity contribution < 1.29 is 4.39 Å². The molecule has 2 N–H and O–H groups in total. The monoisotopic (exact) mass is 280 g/mol. The number of aromatic nitrogens is 2. The molecule has 0 amide bonds. The van der Waals surface area contributed by atoms with Gasteiger partial charge >= 0.3 is 0 Å². The van der Waals surface area contributed by atoms with Gasteiger partial charge in [-0.25, -0.2) is 14.4 Å². The smallest absolute Gasteiger partial charge is 0.141 e. The summed E-state index contributed by atoms with van der Waals surface area (Å²) >= 11 is 5.75. The highest BCUT2D eigenvalue weighted by Gasteiger charge is 2.09. The van der Waals surface area contributed by atoms with Crippen molar-refractivity contribution in [3.05, 3.63) is 40.4 Å². The summed E-state index contributed by atoms with van der Waals surface area (Å²) in [6, 6.07) is 4.44. The average molecular weight is 281 g/mol. The average Bonchev–Trinajstić information content (AvgIpc) is 2.37. The second-order valence-corrected chi connectivity index (χ2v) is 4.50. The van der Waals surface area contributed by atoms with Crippen LogP contribution in [0.15, 0.2) is 18.2 Å². The molecule has 0 saturated heterocycles. The van der Waals surface area contributed by atoms with Gasteiger partial charge in [0, 0.05) is 18.3 Å². The van der Waals surface area contributed by atoms with E-state index in [1.807, 2.05) is 13.8 Å². The Morgan fingerprint density at radius 1 is 1.16 bits per heavy atom. The van der Waals surface area contributed by atoms with Crippen molar-refractivity contribution in [2.45, 2.75) is 13.8 Å². The van der Waals surface area contributed by atoms with Crippen molar-refractivity contribution in [2.24, 2.45) is 0 Å². The first-order valence-electron chi connectivity index (χ1n) is 5.76. The fraction of sp³-hybridized carbons (Fsp3) is 0.231. The molecule has 4 nitrogen and oxygen atoms in total. The van der Waals surface area contributed by atoms with Crippen LogP contribution in [0.1, 0.15) is 11.4 Å². The van der Waals surface area contributed by atoms with Crippen molar-refractivity contribution in [1.29, 1.82) is 0 Å². The Labute approximate surface area is 116 Å². The topological polar surface area (TPSA) is 49.8 Å². The highest BCUT2D eigenvalue weighted by Crippen LogP contribution is 2.25. The maximum absolute atomic E-state index is 13.1. The van der Waals surface area contributed by atoms with Crippen LogP contribution < -0.4 is 10.6 Å².